The number of furan rings is 1. The molecule has 0 saturated heterocycles. The minimum absolute atomic E-state index is 0.00450. The van der Waals surface area contributed by atoms with Gasteiger partial charge in [-0.05, 0) is 36.4 Å². The third kappa shape index (κ3) is 4.41. The first-order valence-corrected chi connectivity index (χ1v) is 8.45. The number of nitro groups is 1. The van der Waals surface area contributed by atoms with Gasteiger partial charge in [-0.2, -0.15) is 0 Å². The van der Waals surface area contributed by atoms with Crippen molar-refractivity contribution in [1.82, 2.24) is 5.32 Å². The van der Waals surface area contributed by atoms with E-state index in [0.717, 1.165) is 5.56 Å². The quantitative estimate of drug-likeness (QED) is 0.458. The van der Waals surface area contributed by atoms with Crippen molar-refractivity contribution in [3.05, 3.63) is 81.3 Å². The molecule has 0 unspecified atom stereocenters. The zero-order valence-corrected chi connectivity index (χ0v) is 15.4. The average molecular weight is 403 g/mol. The second kappa shape index (κ2) is 8.45. The van der Waals surface area contributed by atoms with Crippen molar-refractivity contribution in [3.63, 3.8) is 0 Å². The number of carbonyl (C=O) groups is 1. The number of nitro benzene ring substituents is 1. The molecule has 0 aliphatic heterocycles. The molecule has 0 aliphatic rings. The Bertz CT molecular complexity index is 1000. The molecule has 0 aliphatic carbocycles. The first-order chi connectivity index (χ1) is 13.5. The van der Waals surface area contributed by atoms with Gasteiger partial charge in [-0.25, -0.2) is 0 Å². The number of hydrogen-bond donors (Lipinski definition) is 1. The monoisotopic (exact) mass is 402 g/mol. The number of halogens is 1. The third-order valence-corrected chi connectivity index (χ3v) is 4.03. The Balaban J connectivity index is 1.80. The number of nitrogens with zero attached hydrogens (tertiary/aromatic N) is 1. The van der Waals surface area contributed by atoms with E-state index >= 15 is 0 Å². The van der Waals surface area contributed by atoms with Crippen molar-refractivity contribution in [2.45, 2.75) is 6.54 Å². The molecule has 0 saturated carbocycles. The van der Waals surface area contributed by atoms with E-state index in [0.29, 0.717) is 12.1 Å². The third-order valence-electron chi connectivity index (χ3n) is 3.80. The van der Waals surface area contributed by atoms with Crippen LogP contribution >= 0.6 is 11.6 Å². The van der Waals surface area contributed by atoms with Crippen LogP contribution in [-0.2, 0) is 6.54 Å². The van der Waals surface area contributed by atoms with E-state index < -0.39 is 4.92 Å². The number of rotatable bonds is 7. The molecule has 1 amide bonds. The summed E-state index contributed by atoms with van der Waals surface area (Å²) in [6.45, 7) is 0.312. The molecular weight excluding hydrogens is 388 g/mol. The van der Waals surface area contributed by atoms with Gasteiger partial charge in [-0.1, -0.05) is 11.6 Å². The minimum atomic E-state index is -0.592. The largest absolute Gasteiger partial charge is 0.493 e. The van der Waals surface area contributed by atoms with Crippen LogP contribution in [0.1, 0.15) is 15.9 Å². The highest BCUT2D eigenvalue weighted by Crippen LogP contribution is 2.37. The van der Waals surface area contributed by atoms with Crippen LogP contribution in [0.15, 0.2) is 59.4 Å². The van der Waals surface area contributed by atoms with Gasteiger partial charge in [0.1, 0.15) is 0 Å². The van der Waals surface area contributed by atoms with E-state index in [1.165, 1.54) is 56.0 Å². The minimum Gasteiger partial charge on any atom is -0.493 e. The number of amides is 1. The van der Waals surface area contributed by atoms with Crippen LogP contribution in [0, 0.1) is 10.1 Å². The van der Waals surface area contributed by atoms with Gasteiger partial charge in [-0.15, -0.1) is 0 Å². The normalized spacial score (nSPS) is 10.4. The lowest BCUT2D eigenvalue weighted by Crippen LogP contribution is -2.22. The van der Waals surface area contributed by atoms with Gasteiger partial charge < -0.3 is 19.2 Å². The summed E-state index contributed by atoms with van der Waals surface area (Å²) in [7, 11) is 1.41. The fourth-order valence-corrected chi connectivity index (χ4v) is 2.58. The van der Waals surface area contributed by atoms with Crippen molar-refractivity contribution in [2.75, 3.05) is 7.11 Å². The highest BCUT2D eigenvalue weighted by Gasteiger charge is 2.19. The molecular formula is C19H15ClN2O6. The first kappa shape index (κ1) is 19.2. The number of carbonyl (C=O) groups excluding carboxylic acids is 1. The standard InChI is InChI=1S/C19H15ClN2O6/c1-26-18-8-13(19(23)21-10-12-6-7-27-11-12)2-4-17(18)28-16-5-3-14(20)9-15(16)22(24)25/h2-9,11H,10H2,1H3,(H,21,23). The highest BCUT2D eigenvalue weighted by atomic mass is 35.5. The Labute approximate surface area is 164 Å². The number of hydrogen-bond acceptors (Lipinski definition) is 6. The van der Waals surface area contributed by atoms with Gasteiger partial charge in [0, 0.05) is 28.8 Å². The van der Waals surface area contributed by atoms with E-state index in [4.69, 9.17) is 25.5 Å². The molecule has 0 fully saturated rings. The Hall–Kier alpha value is -3.52. The molecule has 3 aromatic rings. The molecule has 0 atom stereocenters. The van der Waals surface area contributed by atoms with Gasteiger partial charge in [0.05, 0.1) is 24.6 Å². The summed E-state index contributed by atoms with van der Waals surface area (Å²) in [5, 5.41) is 14.2. The number of nitrogens with one attached hydrogen (secondary N) is 1. The zero-order valence-electron chi connectivity index (χ0n) is 14.7. The maximum absolute atomic E-state index is 12.3. The molecule has 8 nitrogen and oxygen atoms in total. The summed E-state index contributed by atoms with van der Waals surface area (Å²) < 4.78 is 15.9. The van der Waals surface area contributed by atoms with Crippen LogP contribution in [0.4, 0.5) is 5.69 Å². The average Bonchev–Trinajstić information content (AvgIpc) is 3.21. The first-order valence-electron chi connectivity index (χ1n) is 8.07. The van der Waals surface area contributed by atoms with Gasteiger partial charge in [-0.3, -0.25) is 14.9 Å². The summed E-state index contributed by atoms with van der Waals surface area (Å²) in [5.74, 6) is 0.160. The van der Waals surface area contributed by atoms with Crippen molar-refractivity contribution in [2.24, 2.45) is 0 Å². The predicted molar refractivity (Wildman–Crippen MR) is 101 cm³/mol. The summed E-state index contributed by atoms with van der Waals surface area (Å²) in [5.41, 5.74) is 0.894. The summed E-state index contributed by atoms with van der Waals surface area (Å²) >= 11 is 5.81. The molecule has 0 bridgehead atoms. The van der Waals surface area contributed by atoms with Crippen LogP contribution in [0.3, 0.4) is 0 Å². The molecule has 28 heavy (non-hydrogen) atoms. The van der Waals surface area contributed by atoms with Crippen LogP contribution in [0.5, 0.6) is 17.2 Å². The fourth-order valence-electron chi connectivity index (χ4n) is 2.41. The zero-order chi connectivity index (χ0) is 20.1. The van der Waals surface area contributed by atoms with Gasteiger partial charge in [0.2, 0.25) is 5.75 Å². The van der Waals surface area contributed by atoms with E-state index in [-0.39, 0.29) is 33.9 Å². The predicted octanol–water partition coefficient (Wildman–Crippen LogP) is 4.57. The van der Waals surface area contributed by atoms with E-state index in [9.17, 15) is 14.9 Å². The SMILES string of the molecule is COc1cc(C(=O)NCc2ccoc2)ccc1Oc1ccc(Cl)cc1[N+](=O)[O-]. The van der Waals surface area contributed by atoms with Crippen LogP contribution in [0.2, 0.25) is 5.02 Å². The molecule has 1 aromatic heterocycles. The highest BCUT2D eigenvalue weighted by molar-refractivity contribution is 6.30. The van der Waals surface area contributed by atoms with Gasteiger partial charge in [0.15, 0.2) is 11.5 Å². The molecule has 0 radical (unpaired) electrons. The maximum atomic E-state index is 12.3. The Morgan fingerprint density at radius 3 is 2.64 bits per heavy atom. The smallest absolute Gasteiger partial charge is 0.313 e. The molecule has 3 rings (SSSR count). The molecule has 144 valence electrons. The van der Waals surface area contributed by atoms with E-state index in [2.05, 4.69) is 5.32 Å². The summed E-state index contributed by atoms with van der Waals surface area (Å²) in [6.07, 6.45) is 3.06. The lowest BCUT2D eigenvalue weighted by Gasteiger charge is -2.12. The number of methoxy groups -OCH3 is 1. The summed E-state index contributed by atoms with van der Waals surface area (Å²) in [4.78, 5) is 22.9. The lowest BCUT2D eigenvalue weighted by molar-refractivity contribution is -0.385. The number of benzene rings is 2. The topological polar surface area (TPSA) is 104 Å². The Kier molecular flexibility index (Phi) is 5.81. The van der Waals surface area contributed by atoms with Gasteiger partial charge in [0.25, 0.3) is 5.91 Å². The fraction of sp³-hybridized carbons (Fsp3) is 0.105. The van der Waals surface area contributed by atoms with Crippen molar-refractivity contribution < 1.29 is 23.6 Å². The van der Waals surface area contributed by atoms with Crippen LogP contribution < -0.4 is 14.8 Å². The van der Waals surface area contributed by atoms with Crippen molar-refractivity contribution in [3.8, 4) is 17.2 Å². The van der Waals surface area contributed by atoms with Crippen LogP contribution in [-0.4, -0.2) is 17.9 Å². The van der Waals surface area contributed by atoms with E-state index in [1.54, 1.807) is 6.07 Å². The Morgan fingerprint density at radius 2 is 1.96 bits per heavy atom. The number of ether oxygens (including phenoxy) is 2. The lowest BCUT2D eigenvalue weighted by atomic mass is 10.2. The molecule has 2 aromatic carbocycles. The molecule has 9 heteroatoms. The van der Waals surface area contributed by atoms with E-state index in [1.807, 2.05) is 0 Å². The summed E-state index contributed by atoms with van der Waals surface area (Å²) in [6, 6.07) is 10.3. The second-order valence-corrected chi connectivity index (χ2v) is 6.09. The van der Waals surface area contributed by atoms with Crippen molar-refractivity contribution in [1.29, 1.82) is 0 Å². The van der Waals surface area contributed by atoms with Crippen LogP contribution in [0.25, 0.3) is 0 Å². The molecule has 0 spiro atoms. The maximum Gasteiger partial charge on any atom is 0.313 e. The molecule has 1 N–H and O–H groups in total. The van der Waals surface area contributed by atoms with Crippen molar-refractivity contribution >= 4 is 23.2 Å². The molecule has 1 heterocycles. The van der Waals surface area contributed by atoms with Gasteiger partial charge >= 0.3 is 5.69 Å². The second-order valence-electron chi connectivity index (χ2n) is 5.65. The Morgan fingerprint density at radius 1 is 1.18 bits per heavy atom.